The standard InChI is InChI=1S/C4H6IO2.C2H2ClO.U/c1-2-7-4(6)3-5;3-1-2-4;/h1-3H2;1H2;/q2*-1;+2. The van der Waals surface area contributed by atoms with Crippen LogP contribution in [-0.4, -0.2) is 29.2 Å². The van der Waals surface area contributed by atoms with Crippen LogP contribution in [0.25, 0.3) is 0 Å². The predicted octanol–water partition coefficient (Wildman–Crippen LogP) is 1.13. The zero-order valence-corrected chi connectivity index (χ0v) is 13.4. The summed E-state index contributed by atoms with van der Waals surface area (Å²) in [5.74, 6) is -0.212. The van der Waals surface area contributed by atoms with Gasteiger partial charge in [0.25, 0.3) is 0 Å². The van der Waals surface area contributed by atoms with E-state index in [1.54, 1.807) is 0 Å². The van der Waals surface area contributed by atoms with Gasteiger partial charge in [0.2, 0.25) is 0 Å². The van der Waals surface area contributed by atoms with Crippen molar-refractivity contribution in [2.45, 2.75) is 0 Å². The molecule has 0 aromatic carbocycles. The van der Waals surface area contributed by atoms with Crippen molar-refractivity contribution in [1.82, 2.24) is 0 Å². The number of carbonyl (C=O) groups excluding carboxylic acids is 2. The summed E-state index contributed by atoms with van der Waals surface area (Å²) in [5, 5.41) is 0. The van der Waals surface area contributed by atoms with Crippen molar-refractivity contribution in [3.05, 3.63) is 6.92 Å². The molecule has 0 atom stereocenters. The summed E-state index contributed by atoms with van der Waals surface area (Å²) in [6.07, 6.45) is 1.45. The molecule has 68 valence electrons. The maximum absolute atomic E-state index is 10.1. The Bertz CT molecular complexity index is 113. The van der Waals surface area contributed by atoms with Crippen molar-refractivity contribution in [3.63, 3.8) is 0 Å². The van der Waals surface area contributed by atoms with E-state index >= 15 is 0 Å². The van der Waals surface area contributed by atoms with Gasteiger partial charge in [-0.3, -0.25) is 4.79 Å². The molecule has 0 fully saturated rings. The average Bonchev–Trinajstić information content (AvgIpc) is 2.05. The molecule has 0 heterocycles. The minimum absolute atomic E-state index is 0. The summed E-state index contributed by atoms with van der Waals surface area (Å²) < 4.78 is 4.84. The molecular formula is C6H8ClIO3U. The number of carbonyl (C=O) groups is 1. The Balaban J connectivity index is -0.000000142. The van der Waals surface area contributed by atoms with Crippen molar-refractivity contribution in [3.8, 4) is 0 Å². The molecule has 0 aromatic rings. The summed E-state index contributed by atoms with van der Waals surface area (Å²) >= 11 is 6.70. The number of hydrogen-bond acceptors (Lipinski definition) is 3. The van der Waals surface area contributed by atoms with Crippen molar-refractivity contribution in [2.75, 3.05) is 16.9 Å². The van der Waals surface area contributed by atoms with Crippen LogP contribution in [0.5, 0.6) is 0 Å². The molecule has 0 aliphatic carbocycles. The van der Waals surface area contributed by atoms with Crippen molar-refractivity contribution >= 4 is 46.4 Å². The molecular weight excluding hydrogens is 520 g/mol. The molecule has 0 saturated heterocycles. The first-order valence-electron chi connectivity index (χ1n) is 2.64. The number of ether oxygens (including phenoxy) is 1. The molecule has 6 heteroatoms. The van der Waals surface area contributed by atoms with Crippen LogP contribution in [-0.2, 0) is 14.3 Å². The van der Waals surface area contributed by atoms with Crippen molar-refractivity contribution < 1.29 is 45.4 Å². The second-order valence-corrected chi connectivity index (χ2v) is 2.16. The van der Waals surface area contributed by atoms with Crippen LogP contribution >= 0.6 is 34.2 Å². The number of esters is 1. The van der Waals surface area contributed by atoms with E-state index in [1.165, 1.54) is 6.29 Å². The van der Waals surface area contributed by atoms with E-state index in [1.807, 2.05) is 22.6 Å². The maximum Gasteiger partial charge on any atom is 2.00 e. The second kappa shape index (κ2) is 18.1. The molecule has 0 radical (unpaired) electrons. The van der Waals surface area contributed by atoms with Gasteiger partial charge in [0.1, 0.15) is 0 Å². The van der Waals surface area contributed by atoms with Gasteiger partial charge in [-0.05, 0) is 6.61 Å². The third-order valence-electron chi connectivity index (χ3n) is 0.427. The van der Waals surface area contributed by atoms with E-state index in [-0.39, 0.29) is 49.6 Å². The summed E-state index contributed by atoms with van der Waals surface area (Å²) in [5.41, 5.74) is 0. The fraction of sp³-hybridized carbons (Fsp3) is 0.500. The third-order valence-corrected chi connectivity index (χ3v) is 1.16. The van der Waals surface area contributed by atoms with Crippen molar-refractivity contribution in [2.24, 2.45) is 0 Å². The van der Waals surface area contributed by atoms with E-state index in [9.17, 15) is 4.79 Å². The Kier molecular flexibility index (Phi) is 28.5. The minimum atomic E-state index is -0.199. The van der Waals surface area contributed by atoms with Gasteiger partial charge in [0, 0.05) is 0 Å². The molecule has 0 rings (SSSR count). The van der Waals surface area contributed by atoms with E-state index < -0.39 is 0 Å². The molecule has 0 aliphatic heterocycles. The molecule has 0 aromatic heterocycles. The largest absolute Gasteiger partial charge is 2.00 e. The molecule has 0 aliphatic rings. The Labute approximate surface area is 114 Å². The average molecular weight is 529 g/mol. The smallest absolute Gasteiger partial charge is 0.541 e. The van der Waals surface area contributed by atoms with Gasteiger partial charge in [-0.15, -0.1) is 0 Å². The quantitative estimate of drug-likeness (QED) is 0.239. The zero-order chi connectivity index (χ0) is 9.11. The van der Waals surface area contributed by atoms with Gasteiger partial charge in [-0.2, -0.15) is 11.6 Å². The topological polar surface area (TPSA) is 43.4 Å². The Morgan fingerprint density at radius 3 is 2.17 bits per heavy atom. The number of hydrogen-bond donors (Lipinski definition) is 0. The molecule has 0 unspecified atom stereocenters. The Hall–Kier alpha value is 1.21. The van der Waals surface area contributed by atoms with Crippen LogP contribution in [0.4, 0.5) is 0 Å². The molecule has 3 nitrogen and oxygen atoms in total. The van der Waals surface area contributed by atoms with Crippen LogP contribution in [0.3, 0.4) is 0 Å². The minimum Gasteiger partial charge on any atom is -0.541 e. The molecule has 12 heavy (non-hydrogen) atoms. The van der Waals surface area contributed by atoms with Gasteiger partial charge in [-0.25, -0.2) is 6.29 Å². The normalized spacial score (nSPS) is 6.92. The fourth-order valence-electron chi connectivity index (χ4n) is 0.152. The number of alkyl halides is 2. The maximum atomic E-state index is 10.1. The number of rotatable bonds is 3. The van der Waals surface area contributed by atoms with Crippen LogP contribution in [0.2, 0.25) is 0 Å². The number of halogens is 2. The van der Waals surface area contributed by atoms with Gasteiger partial charge in [0.15, 0.2) is 0 Å². The first-order valence-corrected chi connectivity index (χ1v) is 4.70. The predicted molar refractivity (Wildman–Crippen MR) is 51.6 cm³/mol. The zero-order valence-electron chi connectivity index (χ0n) is 6.31. The summed E-state index contributed by atoms with van der Waals surface area (Å²) in [6.45, 7) is 3.57. The first-order chi connectivity index (χ1) is 5.22. The SMILES string of the molecule is O=[C-]CCl.[CH2-]COC(=O)CI.[U+2]. The van der Waals surface area contributed by atoms with Gasteiger partial charge < -0.3 is 16.5 Å². The van der Waals surface area contributed by atoms with Crippen LogP contribution in [0, 0.1) is 38.0 Å². The molecule has 0 N–H and O–H groups in total. The Morgan fingerprint density at radius 2 is 2.08 bits per heavy atom. The van der Waals surface area contributed by atoms with E-state index in [2.05, 4.69) is 11.7 Å². The van der Waals surface area contributed by atoms with Gasteiger partial charge in [0.05, 0.1) is 4.43 Å². The molecule has 0 saturated carbocycles. The van der Waals surface area contributed by atoms with E-state index in [4.69, 9.17) is 16.4 Å². The second-order valence-electron chi connectivity index (χ2n) is 1.13. The van der Waals surface area contributed by atoms with E-state index in [0.717, 1.165) is 0 Å². The van der Waals surface area contributed by atoms with Gasteiger partial charge >= 0.3 is 37.1 Å². The molecule has 0 spiro atoms. The fourth-order valence-corrected chi connectivity index (χ4v) is 0.373. The van der Waals surface area contributed by atoms with Gasteiger partial charge in [-0.1, -0.05) is 28.5 Å². The monoisotopic (exact) mass is 528 g/mol. The van der Waals surface area contributed by atoms with E-state index in [0.29, 0.717) is 4.43 Å². The summed E-state index contributed by atoms with van der Waals surface area (Å²) in [4.78, 5) is 19.1. The summed E-state index contributed by atoms with van der Waals surface area (Å²) in [7, 11) is 0. The van der Waals surface area contributed by atoms with Crippen LogP contribution in [0.15, 0.2) is 0 Å². The summed E-state index contributed by atoms with van der Waals surface area (Å²) in [6, 6.07) is 0. The first kappa shape index (κ1) is 18.9. The third kappa shape index (κ3) is 22.5. The van der Waals surface area contributed by atoms with Crippen molar-refractivity contribution in [1.29, 1.82) is 0 Å². The Morgan fingerprint density at radius 1 is 1.67 bits per heavy atom. The van der Waals surface area contributed by atoms with Crippen LogP contribution < -0.4 is 0 Å². The molecule has 0 amide bonds. The molecule has 0 bridgehead atoms. The van der Waals surface area contributed by atoms with Crippen LogP contribution in [0.1, 0.15) is 0 Å².